The van der Waals surface area contributed by atoms with Crippen LogP contribution in [-0.4, -0.2) is 57.9 Å². The Kier molecular flexibility index (Phi) is 7.08. The summed E-state index contributed by atoms with van der Waals surface area (Å²) in [5.41, 5.74) is 2.43. The van der Waals surface area contributed by atoms with Crippen LogP contribution in [0.15, 0.2) is 69.1 Å². The average Bonchev–Trinajstić information content (AvgIpc) is 3.37. The van der Waals surface area contributed by atoms with Gasteiger partial charge >= 0.3 is 5.69 Å². The van der Waals surface area contributed by atoms with Gasteiger partial charge in [0.1, 0.15) is 11.3 Å². The van der Waals surface area contributed by atoms with E-state index in [-0.39, 0.29) is 16.4 Å². The molecule has 0 spiro atoms. The molecule has 1 saturated heterocycles. The molecule has 0 radical (unpaired) electrons. The highest BCUT2D eigenvalue weighted by atomic mass is 32.2. The standard InChI is InChI=1S/C27H30FN5O4S/c1-3-12-33-24-17-23(29-25(24)26(34)30(2)27(33)35)20-6-10-22(11-7-20)38(36,37)32-15-13-31(14-16-32)18-19-4-8-21(28)9-5-19/h4-11,17,29H,3,12-16,18H2,1-2H3. The predicted octanol–water partition coefficient (Wildman–Crippen LogP) is 2.75. The number of H-pyrrole nitrogens is 1. The van der Waals surface area contributed by atoms with Gasteiger partial charge in [-0.05, 0) is 47.9 Å². The number of fused-ring (bicyclic) bond motifs is 1. The van der Waals surface area contributed by atoms with Crippen molar-refractivity contribution in [3.8, 4) is 11.3 Å². The first-order chi connectivity index (χ1) is 18.2. The van der Waals surface area contributed by atoms with Gasteiger partial charge in [-0.3, -0.25) is 18.8 Å². The molecular formula is C27H30FN5O4S. The lowest BCUT2D eigenvalue weighted by Gasteiger charge is -2.34. The Morgan fingerprint density at radius 2 is 1.61 bits per heavy atom. The molecule has 2 aromatic carbocycles. The highest BCUT2D eigenvalue weighted by Crippen LogP contribution is 2.25. The maximum absolute atomic E-state index is 13.3. The number of piperazine rings is 1. The van der Waals surface area contributed by atoms with E-state index in [1.807, 2.05) is 6.92 Å². The van der Waals surface area contributed by atoms with E-state index in [1.54, 1.807) is 47.0 Å². The summed E-state index contributed by atoms with van der Waals surface area (Å²) in [4.78, 5) is 30.7. The van der Waals surface area contributed by atoms with Crippen molar-refractivity contribution in [1.29, 1.82) is 0 Å². The second kappa shape index (κ2) is 10.3. The van der Waals surface area contributed by atoms with Crippen molar-refractivity contribution >= 4 is 21.1 Å². The van der Waals surface area contributed by atoms with Crippen LogP contribution in [0.2, 0.25) is 0 Å². The molecule has 1 aliphatic heterocycles. The lowest BCUT2D eigenvalue weighted by Crippen LogP contribution is -2.48. The van der Waals surface area contributed by atoms with Crippen molar-refractivity contribution in [2.75, 3.05) is 26.2 Å². The third-order valence-electron chi connectivity index (χ3n) is 7.03. The quantitative estimate of drug-likeness (QED) is 0.389. The molecule has 0 atom stereocenters. The van der Waals surface area contributed by atoms with Crippen LogP contribution in [0.25, 0.3) is 22.3 Å². The summed E-state index contributed by atoms with van der Waals surface area (Å²) in [6.45, 7) is 4.98. The van der Waals surface area contributed by atoms with Crippen molar-refractivity contribution in [2.24, 2.45) is 7.05 Å². The van der Waals surface area contributed by atoms with Gasteiger partial charge in [0.05, 0.1) is 10.4 Å². The molecule has 4 aromatic rings. The molecule has 0 bridgehead atoms. The number of aromatic amines is 1. The third kappa shape index (κ3) is 4.84. The van der Waals surface area contributed by atoms with E-state index >= 15 is 0 Å². The van der Waals surface area contributed by atoms with Crippen LogP contribution < -0.4 is 11.2 Å². The number of benzene rings is 2. The summed E-state index contributed by atoms with van der Waals surface area (Å²) in [5, 5.41) is 0. The van der Waals surface area contributed by atoms with Gasteiger partial charge in [0.15, 0.2) is 0 Å². The van der Waals surface area contributed by atoms with Crippen LogP contribution in [0, 0.1) is 5.82 Å². The topological polar surface area (TPSA) is 100 Å². The third-order valence-corrected chi connectivity index (χ3v) is 8.94. The summed E-state index contributed by atoms with van der Waals surface area (Å²) in [5.74, 6) is -0.277. The zero-order valence-corrected chi connectivity index (χ0v) is 22.2. The van der Waals surface area contributed by atoms with Gasteiger partial charge in [0.25, 0.3) is 5.56 Å². The maximum Gasteiger partial charge on any atom is 0.331 e. The van der Waals surface area contributed by atoms with E-state index in [0.717, 1.165) is 16.6 Å². The first-order valence-electron chi connectivity index (χ1n) is 12.6. The van der Waals surface area contributed by atoms with Gasteiger partial charge in [-0.2, -0.15) is 4.31 Å². The molecule has 200 valence electrons. The average molecular weight is 540 g/mol. The summed E-state index contributed by atoms with van der Waals surface area (Å²) < 4.78 is 43.9. The summed E-state index contributed by atoms with van der Waals surface area (Å²) in [7, 11) is -2.21. The maximum atomic E-state index is 13.3. The second-order valence-electron chi connectivity index (χ2n) is 9.57. The summed E-state index contributed by atoms with van der Waals surface area (Å²) in [6.07, 6.45) is 0.737. The largest absolute Gasteiger partial charge is 0.349 e. The van der Waals surface area contributed by atoms with Gasteiger partial charge in [-0.15, -0.1) is 0 Å². The fourth-order valence-corrected chi connectivity index (χ4v) is 6.31. The van der Waals surface area contributed by atoms with Crippen LogP contribution in [0.4, 0.5) is 4.39 Å². The van der Waals surface area contributed by atoms with Gasteiger partial charge in [-0.25, -0.2) is 17.6 Å². The molecule has 1 fully saturated rings. The van der Waals surface area contributed by atoms with E-state index < -0.39 is 15.6 Å². The van der Waals surface area contributed by atoms with E-state index in [4.69, 9.17) is 0 Å². The molecule has 9 nitrogen and oxygen atoms in total. The monoisotopic (exact) mass is 539 g/mol. The van der Waals surface area contributed by atoms with Crippen molar-refractivity contribution in [3.05, 3.63) is 86.8 Å². The number of rotatable bonds is 7. The number of nitrogens with one attached hydrogen (secondary N) is 1. The zero-order chi connectivity index (χ0) is 27.0. The number of hydrogen-bond donors (Lipinski definition) is 1. The van der Waals surface area contributed by atoms with Crippen molar-refractivity contribution in [1.82, 2.24) is 23.3 Å². The minimum absolute atomic E-state index is 0.197. The molecule has 38 heavy (non-hydrogen) atoms. The molecule has 3 heterocycles. The Bertz CT molecular complexity index is 1680. The van der Waals surface area contributed by atoms with Crippen LogP contribution in [0.1, 0.15) is 18.9 Å². The SMILES string of the molecule is CCCn1c(=O)n(C)c(=O)c2[nH]c(-c3ccc(S(=O)(=O)N4CCN(Cc5ccc(F)cc5)CC4)cc3)cc21. The van der Waals surface area contributed by atoms with Crippen molar-refractivity contribution in [3.63, 3.8) is 0 Å². The van der Waals surface area contributed by atoms with Gasteiger partial charge in [-0.1, -0.05) is 31.2 Å². The summed E-state index contributed by atoms with van der Waals surface area (Å²) >= 11 is 0. The normalized spacial score (nSPS) is 15.3. The lowest BCUT2D eigenvalue weighted by molar-refractivity contribution is 0.181. The number of halogens is 1. The Balaban J connectivity index is 1.33. The summed E-state index contributed by atoms with van der Waals surface area (Å²) in [6, 6.07) is 14.7. The molecular weight excluding hydrogens is 509 g/mol. The van der Waals surface area contributed by atoms with E-state index in [0.29, 0.717) is 61.6 Å². The zero-order valence-electron chi connectivity index (χ0n) is 21.4. The molecule has 2 aromatic heterocycles. The molecule has 0 aliphatic carbocycles. The van der Waals surface area contributed by atoms with Crippen LogP contribution >= 0.6 is 0 Å². The van der Waals surface area contributed by atoms with E-state index in [2.05, 4.69) is 9.88 Å². The number of aryl methyl sites for hydroxylation is 1. The minimum Gasteiger partial charge on any atom is -0.349 e. The molecule has 0 unspecified atom stereocenters. The molecule has 0 amide bonds. The number of aromatic nitrogens is 3. The highest BCUT2D eigenvalue weighted by Gasteiger charge is 2.28. The first kappa shape index (κ1) is 26.1. The smallest absolute Gasteiger partial charge is 0.331 e. The number of sulfonamides is 1. The Morgan fingerprint density at radius 3 is 2.24 bits per heavy atom. The van der Waals surface area contributed by atoms with Crippen LogP contribution in [0.3, 0.4) is 0 Å². The molecule has 0 saturated carbocycles. The number of nitrogens with zero attached hydrogens (tertiary/aromatic N) is 4. The van der Waals surface area contributed by atoms with Gasteiger partial charge in [0.2, 0.25) is 10.0 Å². The second-order valence-corrected chi connectivity index (χ2v) is 11.5. The Hall–Kier alpha value is -3.54. The molecule has 11 heteroatoms. The Labute approximate surface area is 219 Å². The van der Waals surface area contributed by atoms with Crippen LogP contribution in [-0.2, 0) is 30.2 Å². The minimum atomic E-state index is -3.67. The fraction of sp³-hybridized carbons (Fsp3) is 0.333. The lowest BCUT2D eigenvalue weighted by atomic mass is 10.1. The van der Waals surface area contributed by atoms with Crippen LogP contribution in [0.5, 0.6) is 0 Å². The first-order valence-corrected chi connectivity index (χ1v) is 14.0. The number of hydrogen-bond acceptors (Lipinski definition) is 5. The van der Waals surface area contributed by atoms with Gasteiger partial charge in [0, 0.05) is 52.0 Å². The molecule has 1 N–H and O–H groups in total. The van der Waals surface area contributed by atoms with Gasteiger partial charge < -0.3 is 4.98 Å². The molecule has 1 aliphatic rings. The fourth-order valence-electron chi connectivity index (χ4n) is 4.89. The Morgan fingerprint density at radius 1 is 0.947 bits per heavy atom. The predicted molar refractivity (Wildman–Crippen MR) is 144 cm³/mol. The van der Waals surface area contributed by atoms with E-state index in [9.17, 15) is 22.4 Å². The molecule has 5 rings (SSSR count). The highest BCUT2D eigenvalue weighted by molar-refractivity contribution is 7.89. The van der Waals surface area contributed by atoms with Crippen molar-refractivity contribution in [2.45, 2.75) is 31.3 Å². The van der Waals surface area contributed by atoms with E-state index in [1.165, 1.54) is 23.5 Å². The van der Waals surface area contributed by atoms with Crippen molar-refractivity contribution < 1.29 is 12.8 Å².